The molecule has 7 nitrogen and oxygen atoms in total. The number of carboxylic acids is 1. The summed E-state index contributed by atoms with van der Waals surface area (Å²) < 4.78 is 33.4. The SMILES string of the molecule is Cc1cc(OC2CCN(C)C2=O)cc(C)c1-c1ccc(F)c2c1CC[C@H]2Oc1ccc2c(c1)OC[C@H]2CC(=O)O. The molecular formula is C32H32FNO6. The van der Waals surface area contributed by atoms with Gasteiger partial charge in [-0.15, -0.1) is 0 Å². The highest BCUT2D eigenvalue weighted by molar-refractivity contribution is 5.83. The van der Waals surface area contributed by atoms with Crippen molar-refractivity contribution in [3.63, 3.8) is 0 Å². The van der Waals surface area contributed by atoms with Gasteiger partial charge >= 0.3 is 5.97 Å². The van der Waals surface area contributed by atoms with Crippen molar-refractivity contribution < 1.29 is 33.3 Å². The molecule has 208 valence electrons. The number of carbonyl (C=O) groups excluding carboxylic acids is 1. The van der Waals surface area contributed by atoms with E-state index < -0.39 is 18.2 Å². The Kier molecular flexibility index (Phi) is 6.64. The average Bonchev–Trinajstić information content (AvgIpc) is 3.59. The highest BCUT2D eigenvalue weighted by atomic mass is 19.1. The first kappa shape index (κ1) is 26.2. The molecule has 1 unspecified atom stereocenters. The monoisotopic (exact) mass is 545 g/mol. The maximum atomic E-state index is 15.3. The Morgan fingerprint density at radius 2 is 1.80 bits per heavy atom. The zero-order valence-corrected chi connectivity index (χ0v) is 22.8. The van der Waals surface area contributed by atoms with Crippen molar-refractivity contribution in [1.29, 1.82) is 0 Å². The van der Waals surface area contributed by atoms with Crippen molar-refractivity contribution in [1.82, 2.24) is 4.90 Å². The highest BCUT2D eigenvalue weighted by Crippen LogP contribution is 2.45. The molecule has 0 spiro atoms. The van der Waals surface area contributed by atoms with Gasteiger partial charge in [-0.3, -0.25) is 9.59 Å². The lowest BCUT2D eigenvalue weighted by molar-refractivity contribution is -0.137. The van der Waals surface area contributed by atoms with Crippen molar-refractivity contribution in [2.24, 2.45) is 0 Å². The molecule has 3 aromatic carbocycles. The van der Waals surface area contributed by atoms with Gasteiger partial charge in [0.15, 0.2) is 6.10 Å². The fraction of sp³-hybridized carbons (Fsp3) is 0.375. The van der Waals surface area contributed by atoms with Crippen LogP contribution in [0.2, 0.25) is 0 Å². The van der Waals surface area contributed by atoms with Crippen LogP contribution in [-0.2, 0) is 16.0 Å². The lowest BCUT2D eigenvalue weighted by atomic mass is 9.90. The van der Waals surface area contributed by atoms with E-state index in [9.17, 15) is 9.59 Å². The van der Waals surface area contributed by atoms with Crippen LogP contribution in [0.4, 0.5) is 4.39 Å². The molecule has 0 bridgehead atoms. The molecule has 2 aliphatic heterocycles. The number of halogens is 1. The van der Waals surface area contributed by atoms with Crippen LogP contribution in [0, 0.1) is 19.7 Å². The molecule has 3 atom stereocenters. The molecule has 1 N–H and O–H groups in total. The molecule has 1 amide bonds. The Balaban J connectivity index is 1.26. The smallest absolute Gasteiger partial charge is 0.304 e. The summed E-state index contributed by atoms with van der Waals surface area (Å²) >= 11 is 0. The quantitative estimate of drug-likeness (QED) is 0.408. The number of hydrogen-bond donors (Lipinski definition) is 1. The minimum atomic E-state index is -0.861. The Morgan fingerprint density at radius 1 is 1.05 bits per heavy atom. The Hall–Kier alpha value is -4.07. The summed E-state index contributed by atoms with van der Waals surface area (Å²) in [6.45, 7) is 5.04. The van der Waals surface area contributed by atoms with Gasteiger partial charge in [0, 0.05) is 43.1 Å². The third kappa shape index (κ3) is 4.65. The normalized spacial score (nSPS) is 21.2. The number of nitrogens with zero attached hydrogens (tertiary/aromatic N) is 1. The van der Waals surface area contributed by atoms with Crippen LogP contribution in [0.3, 0.4) is 0 Å². The number of likely N-dealkylation sites (tertiary alicyclic amines) is 1. The number of aryl methyl sites for hydroxylation is 2. The van der Waals surface area contributed by atoms with Crippen LogP contribution in [-0.4, -0.2) is 48.2 Å². The second-order valence-corrected chi connectivity index (χ2v) is 11.0. The van der Waals surface area contributed by atoms with Gasteiger partial charge in [0.25, 0.3) is 5.91 Å². The van der Waals surface area contributed by atoms with Gasteiger partial charge < -0.3 is 24.2 Å². The molecule has 0 saturated carbocycles. The van der Waals surface area contributed by atoms with E-state index in [1.54, 1.807) is 18.0 Å². The van der Waals surface area contributed by atoms with E-state index in [1.165, 1.54) is 6.07 Å². The molecule has 2 heterocycles. The second kappa shape index (κ2) is 10.2. The molecule has 3 aromatic rings. The molecule has 3 aliphatic rings. The summed E-state index contributed by atoms with van der Waals surface area (Å²) in [6, 6.07) is 12.7. The Bertz CT molecular complexity index is 1490. The lowest BCUT2D eigenvalue weighted by Gasteiger charge is -2.20. The molecule has 40 heavy (non-hydrogen) atoms. The number of ether oxygens (including phenoxy) is 3. The molecule has 1 fully saturated rings. The summed E-state index contributed by atoms with van der Waals surface area (Å²) in [5.74, 6) is 0.513. The molecular weight excluding hydrogens is 513 g/mol. The maximum Gasteiger partial charge on any atom is 0.304 e. The van der Waals surface area contributed by atoms with Crippen molar-refractivity contribution in [3.05, 3.63) is 76.1 Å². The Morgan fingerprint density at radius 3 is 2.50 bits per heavy atom. The highest BCUT2D eigenvalue weighted by Gasteiger charge is 2.33. The average molecular weight is 546 g/mol. The van der Waals surface area contributed by atoms with Crippen LogP contribution in [0.5, 0.6) is 17.2 Å². The molecule has 8 heteroatoms. The van der Waals surface area contributed by atoms with Crippen molar-refractivity contribution >= 4 is 11.9 Å². The topological polar surface area (TPSA) is 85.3 Å². The molecule has 1 aliphatic carbocycles. The van der Waals surface area contributed by atoms with Crippen LogP contribution >= 0.6 is 0 Å². The largest absolute Gasteiger partial charge is 0.492 e. The summed E-state index contributed by atoms with van der Waals surface area (Å²) in [6.07, 6.45) is 1.09. The van der Waals surface area contributed by atoms with Gasteiger partial charge in [-0.25, -0.2) is 4.39 Å². The number of carbonyl (C=O) groups is 2. The lowest BCUT2D eigenvalue weighted by Crippen LogP contribution is -2.29. The number of rotatable bonds is 7. The Labute approximate surface area is 232 Å². The summed E-state index contributed by atoms with van der Waals surface area (Å²) in [5.41, 5.74) is 6.39. The number of benzene rings is 3. The summed E-state index contributed by atoms with van der Waals surface area (Å²) in [5, 5.41) is 9.16. The first-order valence-electron chi connectivity index (χ1n) is 13.7. The van der Waals surface area contributed by atoms with Gasteiger partial charge in [-0.2, -0.15) is 0 Å². The van der Waals surface area contributed by atoms with E-state index in [0.29, 0.717) is 55.2 Å². The second-order valence-electron chi connectivity index (χ2n) is 11.0. The number of fused-ring (bicyclic) bond motifs is 2. The zero-order chi connectivity index (χ0) is 28.1. The number of hydrogen-bond acceptors (Lipinski definition) is 5. The summed E-state index contributed by atoms with van der Waals surface area (Å²) in [7, 11) is 1.78. The van der Waals surface area contributed by atoms with E-state index >= 15 is 4.39 Å². The molecule has 0 radical (unpaired) electrons. The van der Waals surface area contributed by atoms with E-state index in [1.807, 2.05) is 44.2 Å². The van der Waals surface area contributed by atoms with Crippen LogP contribution in [0.25, 0.3) is 11.1 Å². The predicted molar refractivity (Wildman–Crippen MR) is 147 cm³/mol. The predicted octanol–water partition coefficient (Wildman–Crippen LogP) is 5.74. The fourth-order valence-electron chi connectivity index (χ4n) is 6.38. The van der Waals surface area contributed by atoms with Crippen LogP contribution in [0.1, 0.15) is 59.1 Å². The number of amides is 1. The van der Waals surface area contributed by atoms with Gasteiger partial charge in [0.05, 0.1) is 13.0 Å². The fourth-order valence-corrected chi connectivity index (χ4v) is 6.38. The van der Waals surface area contributed by atoms with Gasteiger partial charge in [0.1, 0.15) is 29.2 Å². The van der Waals surface area contributed by atoms with E-state index in [-0.39, 0.29) is 24.1 Å². The van der Waals surface area contributed by atoms with Crippen molar-refractivity contribution in [2.75, 3.05) is 20.2 Å². The van der Waals surface area contributed by atoms with E-state index in [2.05, 4.69) is 0 Å². The number of carboxylic acid groups (broad SMARTS) is 1. The van der Waals surface area contributed by atoms with Crippen molar-refractivity contribution in [3.8, 4) is 28.4 Å². The van der Waals surface area contributed by atoms with Crippen LogP contribution in [0.15, 0.2) is 42.5 Å². The van der Waals surface area contributed by atoms with E-state index in [0.717, 1.165) is 33.4 Å². The zero-order valence-electron chi connectivity index (χ0n) is 22.8. The molecule has 1 saturated heterocycles. The first-order valence-corrected chi connectivity index (χ1v) is 13.7. The molecule has 6 rings (SSSR count). The third-order valence-electron chi connectivity index (χ3n) is 8.28. The van der Waals surface area contributed by atoms with Gasteiger partial charge in [-0.1, -0.05) is 12.1 Å². The van der Waals surface area contributed by atoms with Gasteiger partial charge in [0.2, 0.25) is 0 Å². The maximum absolute atomic E-state index is 15.3. The van der Waals surface area contributed by atoms with Gasteiger partial charge in [-0.05, 0) is 78.8 Å². The summed E-state index contributed by atoms with van der Waals surface area (Å²) in [4.78, 5) is 25.2. The first-order chi connectivity index (χ1) is 19.2. The molecule has 0 aromatic heterocycles. The standard InChI is InChI=1S/C32H32FNO6/c1-17-12-21(40-27-10-11-34(3)32(27)37)13-18(2)30(17)23-6-8-25(33)31-24(23)7-9-26(31)39-20-4-5-22-19(14-29(35)36)16-38-28(22)15-20/h4-6,8,12-13,15,19,26-27H,7,9-11,14,16H2,1-3H3,(H,35,36)/t19-,26-,27?/m1/s1. The van der Waals surface area contributed by atoms with Crippen molar-refractivity contribution in [2.45, 2.75) is 57.7 Å². The van der Waals surface area contributed by atoms with E-state index in [4.69, 9.17) is 19.3 Å². The third-order valence-corrected chi connectivity index (χ3v) is 8.28. The number of aliphatic carboxylic acids is 1. The minimum Gasteiger partial charge on any atom is -0.492 e. The number of likely N-dealkylation sites (N-methyl/N-ethyl adjacent to an activating group) is 1. The van der Waals surface area contributed by atoms with Crippen LogP contribution < -0.4 is 14.2 Å². The minimum absolute atomic E-state index is 0.00297.